The molecule has 158 valence electrons. The van der Waals surface area contributed by atoms with Crippen molar-refractivity contribution in [3.63, 3.8) is 0 Å². The number of carbonyl (C=O) groups is 1. The van der Waals surface area contributed by atoms with E-state index in [4.69, 9.17) is 13.9 Å². The molecule has 0 aliphatic carbocycles. The summed E-state index contributed by atoms with van der Waals surface area (Å²) >= 11 is 0. The SMILES string of the molecule is COC(=O)C1=C(Cc2ccc(C)cc2)N(Cc2ccco2)[C@H]2c3ccccc3OC[C@@H]12. The molecule has 3 heterocycles. The van der Waals surface area contributed by atoms with Gasteiger partial charge in [-0.3, -0.25) is 0 Å². The van der Waals surface area contributed by atoms with Gasteiger partial charge in [-0.05, 0) is 30.7 Å². The summed E-state index contributed by atoms with van der Waals surface area (Å²) in [4.78, 5) is 15.3. The molecule has 31 heavy (non-hydrogen) atoms. The molecule has 0 fully saturated rings. The fourth-order valence-corrected chi connectivity index (χ4v) is 4.75. The molecular formula is C26H25NO4. The minimum atomic E-state index is -0.290. The molecule has 2 atom stereocenters. The number of fused-ring (bicyclic) bond motifs is 3. The molecule has 5 heteroatoms. The largest absolute Gasteiger partial charge is 0.492 e. The first-order chi connectivity index (χ1) is 15.2. The highest BCUT2D eigenvalue weighted by molar-refractivity contribution is 5.91. The lowest BCUT2D eigenvalue weighted by molar-refractivity contribution is -0.136. The Morgan fingerprint density at radius 1 is 1.10 bits per heavy atom. The number of aryl methyl sites for hydroxylation is 1. The molecule has 0 saturated heterocycles. The van der Waals surface area contributed by atoms with Gasteiger partial charge in [0.05, 0.1) is 44.1 Å². The molecule has 0 bridgehead atoms. The zero-order chi connectivity index (χ0) is 21.4. The van der Waals surface area contributed by atoms with E-state index in [-0.39, 0.29) is 17.9 Å². The van der Waals surface area contributed by atoms with Gasteiger partial charge in [0.1, 0.15) is 11.5 Å². The van der Waals surface area contributed by atoms with Crippen molar-refractivity contribution >= 4 is 5.97 Å². The first kappa shape index (κ1) is 19.5. The van der Waals surface area contributed by atoms with Gasteiger partial charge in [0.2, 0.25) is 0 Å². The highest BCUT2D eigenvalue weighted by Gasteiger charge is 2.48. The number of methoxy groups -OCH3 is 1. The first-order valence-corrected chi connectivity index (χ1v) is 10.5. The second kappa shape index (κ2) is 7.99. The Morgan fingerprint density at radius 3 is 2.65 bits per heavy atom. The number of rotatable bonds is 5. The third kappa shape index (κ3) is 3.50. The summed E-state index contributed by atoms with van der Waals surface area (Å²) in [6.07, 6.45) is 2.33. The topological polar surface area (TPSA) is 51.9 Å². The predicted octanol–water partition coefficient (Wildman–Crippen LogP) is 4.82. The van der Waals surface area contributed by atoms with Crippen molar-refractivity contribution in [2.24, 2.45) is 5.92 Å². The third-order valence-electron chi connectivity index (χ3n) is 6.21. The summed E-state index contributed by atoms with van der Waals surface area (Å²) in [5, 5.41) is 0. The fraction of sp³-hybridized carbons (Fsp3) is 0.269. The fourth-order valence-electron chi connectivity index (χ4n) is 4.75. The molecule has 1 aromatic heterocycles. The number of hydrogen-bond acceptors (Lipinski definition) is 5. The van der Waals surface area contributed by atoms with E-state index in [0.29, 0.717) is 25.1 Å². The summed E-state index contributed by atoms with van der Waals surface area (Å²) in [6.45, 7) is 3.09. The Morgan fingerprint density at radius 2 is 1.90 bits per heavy atom. The quantitative estimate of drug-likeness (QED) is 0.559. The van der Waals surface area contributed by atoms with Gasteiger partial charge in [0, 0.05) is 17.7 Å². The Bertz CT molecular complexity index is 1110. The lowest BCUT2D eigenvalue weighted by Gasteiger charge is -2.36. The summed E-state index contributed by atoms with van der Waals surface area (Å²) in [5.74, 6) is 1.34. The maximum Gasteiger partial charge on any atom is 0.336 e. The van der Waals surface area contributed by atoms with Crippen molar-refractivity contribution in [1.29, 1.82) is 0 Å². The number of benzene rings is 2. The maximum absolute atomic E-state index is 13.0. The smallest absolute Gasteiger partial charge is 0.336 e. The summed E-state index contributed by atoms with van der Waals surface area (Å²) < 4.78 is 17.0. The van der Waals surface area contributed by atoms with Crippen LogP contribution in [0.3, 0.4) is 0 Å². The van der Waals surface area contributed by atoms with Gasteiger partial charge in [0.25, 0.3) is 0 Å². The third-order valence-corrected chi connectivity index (χ3v) is 6.21. The van der Waals surface area contributed by atoms with E-state index in [1.807, 2.05) is 30.3 Å². The molecule has 0 N–H and O–H groups in total. The molecule has 2 aliphatic heterocycles. The van der Waals surface area contributed by atoms with Crippen molar-refractivity contribution in [2.75, 3.05) is 13.7 Å². The molecule has 0 spiro atoms. The van der Waals surface area contributed by atoms with Crippen molar-refractivity contribution in [2.45, 2.75) is 25.9 Å². The van der Waals surface area contributed by atoms with Crippen molar-refractivity contribution in [3.05, 3.63) is 101 Å². The van der Waals surface area contributed by atoms with Crippen LogP contribution in [0.4, 0.5) is 0 Å². The molecule has 0 radical (unpaired) electrons. The number of hydrogen-bond donors (Lipinski definition) is 0. The minimum absolute atomic E-state index is 0.00963. The number of nitrogens with zero attached hydrogens (tertiary/aromatic N) is 1. The van der Waals surface area contributed by atoms with Crippen molar-refractivity contribution in [3.8, 4) is 5.75 Å². The van der Waals surface area contributed by atoms with E-state index >= 15 is 0 Å². The lowest BCUT2D eigenvalue weighted by Crippen LogP contribution is -2.33. The highest BCUT2D eigenvalue weighted by atomic mass is 16.5. The molecular weight excluding hydrogens is 390 g/mol. The average molecular weight is 415 g/mol. The van der Waals surface area contributed by atoms with Crippen LogP contribution in [0.15, 0.2) is 82.6 Å². The van der Waals surface area contributed by atoms with Gasteiger partial charge in [-0.2, -0.15) is 0 Å². The second-order valence-corrected chi connectivity index (χ2v) is 8.12. The number of ether oxygens (including phenoxy) is 2. The molecule has 5 nitrogen and oxygen atoms in total. The zero-order valence-corrected chi connectivity index (χ0v) is 17.7. The van der Waals surface area contributed by atoms with Gasteiger partial charge in [-0.15, -0.1) is 0 Å². The number of allylic oxidation sites excluding steroid dienone is 1. The molecule has 5 rings (SSSR count). The Balaban J connectivity index is 1.63. The van der Waals surface area contributed by atoms with Gasteiger partial charge < -0.3 is 18.8 Å². The van der Waals surface area contributed by atoms with Gasteiger partial charge >= 0.3 is 5.97 Å². The van der Waals surface area contributed by atoms with Crippen LogP contribution >= 0.6 is 0 Å². The van der Waals surface area contributed by atoms with Gasteiger partial charge in [-0.1, -0.05) is 48.0 Å². The molecule has 0 unspecified atom stereocenters. The molecule has 0 saturated carbocycles. The van der Waals surface area contributed by atoms with Crippen LogP contribution in [0.2, 0.25) is 0 Å². The van der Waals surface area contributed by atoms with Crippen LogP contribution < -0.4 is 4.74 Å². The van der Waals surface area contributed by atoms with E-state index in [1.165, 1.54) is 12.7 Å². The van der Waals surface area contributed by atoms with E-state index < -0.39 is 0 Å². The predicted molar refractivity (Wildman–Crippen MR) is 116 cm³/mol. The monoisotopic (exact) mass is 415 g/mol. The second-order valence-electron chi connectivity index (χ2n) is 8.12. The molecule has 0 amide bonds. The molecule has 3 aromatic rings. The first-order valence-electron chi connectivity index (χ1n) is 10.5. The van der Waals surface area contributed by atoms with Crippen molar-refractivity contribution < 1.29 is 18.7 Å². The van der Waals surface area contributed by atoms with Gasteiger partial charge in [-0.25, -0.2) is 4.79 Å². The van der Waals surface area contributed by atoms with Crippen LogP contribution in [-0.4, -0.2) is 24.6 Å². The van der Waals surface area contributed by atoms with Crippen LogP contribution in [0.5, 0.6) is 5.75 Å². The van der Waals surface area contributed by atoms with E-state index in [0.717, 1.165) is 28.3 Å². The normalized spacial score (nSPS) is 19.6. The van der Waals surface area contributed by atoms with Crippen LogP contribution in [0.1, 0.15) is 28.5 Å². The van der Waals surface area contributed by atoms with Crippen molar-refractivity contribution in [1.82, 2.24) is 4.90 Å². The van der Waals surface area contributed by atoms with E-state index in [1.54, 1.807) is 6.26 Å². The van der Waals surface area contributed by atoms with Crippen LogP contribution in [0, 0.1) is 12.8 Å². The standard InChI is InChI=1S/C26H25NO4/c1-17-9-11-18(12-10-17)14-22-24(26(28)29-2)21-16-31-23-8-4-3-7-20(23)25(21)27(22)15-19-6-5-13-30-19/h3-13,21,25H,14-16H2,1-2H3/t21-,25-/m0/s1. The van der Waals surface area contributed by atoms with Gasteiger partial charge in [0.15, 0.2) is 0 Å². The van der Waals surface area contributed by atoms with E-state index in [2.05, 4.69) is 42.2 Å². The zero-order valence-electron chi connectivity index (χ0n) is 17.7. The average Bonchev–Trinajstić information content (AvgIpc) is 3.41. The Hall–Kier alpha value is -3.47. The Labute approximate surface area is 181 Å². The minimum Gasteiger partial charge on any atom is -0.492 e. The lowest BCUT2D eigenvalue weighted by atomic mass is 9.87. The van der Waals surface area contributed by atoms with Crippen LogP contribution in [0.25, 0.3) is 0 Å². The maximum atomic E-state index is 13.0. The number of carbonyl (C=O) groups excluding carboxylic acids is 1. The Kier molecular flexibility index (Phi) is 5.02. The molecule has 2 aliphatic rings. The highest BCUT2D eigenvalue weighted by Crippen LogP contribution is 2.50. The number of furan rings is 1. The summed E-state index contributed by atoms with van der Waals surface area (Å²) in [5.41, 5.74) is 5.13. The number of esters is 1. The van der Waals surface area contributed by atoms with Crippen LogP contribution in [-0.2, 0) is 22.5 Å². The summed E-state index contributed by atoms with van der Waals surface area (Å²) in [6, 6.07) is 20.4. The number of para-hydroxylation sites is 1. The summed E-state index contributed by atoms with van der Waals surface area (Å²) in [7, 11) is 1.45. The van der Waals surface area contributed by atoms with E-state index in [9.17, 15) is 4.79 Å². The molecule has 2 aromatic carbocycles.